The minimum Gasteiger partial charge on any atom is -0.454 e. The molecule has 272 valence electrons. The van der Waals surface area contributed by atoms with Gasteiger partial charge in [0.1, 0.15) is 60.5 Å². The van der Waals surface area contributed by atoms with Crippen LogP contribution in [0.15, 0.2) is 42.4 Å². The molecule has 3 aromatic heterocycles. The van der Waals surface area contributed by atoms with Gasteiger partial charge in [0.05, 0.1) is 19.5 Å². The molecule has 8 N–H and O–H groups in total. The van der Waals surface area contributed by atoms with Crippen molar-refractivity contribution in [3.63, 3.8) is 0 Å². The molecule has 0 radical (unpaired) electrons. The van der Waals surface area contributed by atoms with E-state index in [0.717, 1.165) is 4.57 Å². The molecule has 0 bridgehead atoms. The van der Waals surface area contributed by atoms with Crippen LogP contribution in [0, 0.1) is 0 Å². The summed E-state index contributed by atoms with van der Waals surface area (Å²) in [6.07, 6.45) is -5.07. The van der Waals surface area contributed by atoms with Gasteiger partial charge in [-0.05, 0) is 6.07 Å². The lowest BCUT2D eigenvalue weighted by atomic mass is 10.1. The zero-order valence-electron chi connectivity index (χ0n) is 25.7. The van der Waals surface area contributed by atoms with Gasteiger partial charge in [0.2, 0.25) is 0 Å². The highest BCUT2D eigenvalue weighted by Crippen LogP contribution is 2.62. The molecule has 25 heteroatoms. The molecule has 23 nitrogen and oxygen atoms in total. The summed E-state index contributed by atoms with van der Waals surface area (Å²) in [4.78, 5) is 70.2. The molecule has 5 heterocycles. The molecule has 50 heavy (non-hydrogen) atoms. The van der Waals surface area contributed by atoms with Crippen LogP contribution in [-0.4, -0.2) is 111 Å². The molecule has 3 aromatic rings. The fourth-order valence-corrected chi connectivity index (χ4v) is 7.26. The van der Waals surface area contributed by atoms with Crippen LogP contribution in [0.4, 0.5) is 11.6 Å². The Balaban J connectivity index is 1.22. The van der Waals surface area contributed by atoms with Crippen LogP contribution >= 0.6 is 15.6 Å². The average molecular weight is 747 g/mol. The first kappa shape index (κ1) is 36.1. The number of carbonyl (C=O) groups excluding carboxylic acids is 1. The Hall–Kier alpha value is -3.70. The first-order chi connectivity index (χ1) is 23.6. The summed E-state index contributed by atoms with van der Waals surface area (Å²) in [6, 6.07) is 1.29. The lowest BCUT2D eigenvalue weighted by Crippen LogP contribution is -2.40. The summed E-state index contributed by atoms with van der Waals surface area (Å²) < 4.78 is 65.1. The Labute approximate surface area is 280 Å². The van der Waals surface area contributed by atoms with Crippen molar-refractivity contribution in [2.24, 2.45) is 0 Å². The van der Waals surface area contributed by atoms with Crippen LogP contribution in [0.2, 0.25) is 0 Å². The monoisotopic (exact) mass is 746 g/mol. The van der Waals surface area contributed by atoms with Gasteiger partial charge in [0.25, 0.3) is 0 Å². The summed E-state index contributed by atoms with van der Waals surface area (Å²) in [6.45, 7) is 2.19. The zero-order chi connectivity index (χ0) is 36.0. The summed E-state index contributed by atoms with van der Waals surface area (Å²) in [7, 11) is -10.2. The van der Waals surface area contributed by atoms with E-state index < -0.39 is 89.1 Å². The van der Waals surface area contributed by atoms with Gasteiger partial charge in [0.15, 0.2) is 23.8 Å². The predicted molar refractivity (Wildman–Crippen MR) is 163 cm³/mol. The summed E-state index contributed by atoms with van der Waals surface area (Å²) >= 11 is 0. The Morgan fingerprint density at radius 3 is 2.68 bits per heavy atom. The number of nitrogens with two attached hydrogens (primary N) is 2. The van der Waals surface area contributed by atoms with E-state index >= 15 is 0 Å². The number of esters is 1. The minimum atomic E-state index is -5.13. The van der Waals surface area contributed by atoms with Crippen LogP contribution in [0.25, 0.3) is 11.2 Å². The molecule has 2 aliphatic heterocycles. The van der Waals surface area contributed by atoms with E-state index in [2.05, 4.69) is 31.0 Å². The van der Waals surface area contributed by atoms with Crippen LogP contribution in [0.5, 0.6) is 0 Å². The van der Waals surface area contributed by atoms with Crippen molar-refractivity contribution in [1.29, 1.82) is 0 Å². The first-order valence-electron chi connectivity index (χ1n) is 14.7. The van der Waals surface area contributed by atoms with Gasteiger partial charge in [-0.3, -0.25) is 22.7 Å². The average Bonchev–Trinajstić information content (AvgIpc) is 3.29. The Morgan fingerprint density at radius 1 is 1.18 bits per heavy atom. The largest absolute Gasteiger partial charge is 0.472 e. The van der Waals surface area contributed by atoms with Crippen molar-refractivity contribution in [1.82, 2.24) is 29.1 Å². The fourth-order valence-electron chi connectivity index (χ4n) is 5.73. The van der Waals surface area contributed by atoms with Crippen molar-refractivity contribution < 1.29 is 66.2 Å². The van der Waals surface area contributed by atoms with Crippen LogP contribution in [-0.2, 0) is 46.4 Å². The number of phosphoric acid groups is 2. The normalized spacial score (nSPS) is 30.4. The summed E-state index contributed by atoms with van der Waals surface area (Å²) in [5, 5.41) is 11.4. The number of nitrogen functional groups attached to an aromatic ring is 2. The molecule has 1 spiro atoms. The molecular weight excluding hydrogens is 714 g/mol. The second kappa shape index (κ2) is 13.8. The fraction of sp³-hybridized carbons (Fsp3) is 0.520. The molecular formula is C25H32N8O15P2. The van der Waals surface area contributed by atoms with Gasteiger partial charge in [-0.1, -0.05) is 6.08 Å². The molecule has 1 saturated carbocycles. The Bertz CT molecular complexity index is 1920. The van der Waals surface area contributed by atoms with Gasteiger partial charge >= 0.3 is 27.3 Å². The highest BCUT2D eigenvalue weighted by atomic mass is 31.2. The maximum Gasteiger partial charge on any atom is 0.472 e. The van der Waals surface area contributed by atoms with Crippen molar-refractivity contribution in [2.75, 3.05) is 31.3 Å². The molecule has 0 amide bonds. The van der Waals surface area contributed by atoms with Gasteiger partial charge in [-0.25, -0.2) is 33.7 Å². The topological polar surface area (TPSA) is 327 Å². The number of anilines is 2. The smallest absolute Gasteiger partial charge is 0.454 e. The number of hydrogen-bond acceptors (Lipinski definition) is 18. The predicted octanol–water partition coefficient (Wildman–Crippen LogP) is -1.34. The zero-order valence-corrected chi connectivity index (χ0v) is 27.5. The number of imidazole rings is 1. The number of aliphatic hydroxyl groups is 1. The van der Waals surface area contributed by atoms with E-state index in [9.17, 15) is 38.5 Å². The van der Waals surface area contributed by atoms with Crippen LogP contribution < -0.4 is 17.2 Å². The summed E-state index contributed by atoms with van der Waals surface area (Å²) in [5.74, 6) is -0.937. The van der Waals surface area contributed by atoms with E-state index in [1.54, 1.807) is 0 Å². The standard InChI is InChI=1S/C25H32N8O15P2/c1-2-5-42-9-17(34)45-20-19(35)23(33-11-30-18-21(27)28-10-29-22(18)33)46-25(20)7-14(25)48-50(40,41)47-12-6-16(32-4-3-15(26)31-24(32)36)44-13(12)8-43-49(37,38)39/h2-4,10-14,16,19-20,23,35H,1,5-9H2,(H,40,41)(H2,26,31,36)(H2,27,28,29)(H2,37,38,39)/t12-,13+,14?,16+,19+,20-,23+,25?/m0/s1. The first-order valence-corrected chi connectivity index (χ1v) is 17.7. The molecule has 3 fully saturated rings. The maximum atomic E-state index is 13.4. The Morgan fingerprint density at radius 2 is 1.96 bits per heavy atom. The maximum absolute atomic E-state index is 13.4. The Kier molecular flexibility index (Phi) is 9.96. The van der Waals surface area contributed by atoms with E-state index in [1.807, 2.05) is 0 Å². The second-order valence-electron chi connectivity index (χ2n) is 11.4. The summed E-state index contributed by atoms with van der Waals surface area (Å²) in [5.41, 5.74) is 9.27. The van der Waals surface area contributed by atoms with Gasteiger partial charge < -0.3 is 50.2 Å². The molecule has 2 saturated heterocycles. The number of aliphatic hydroxyl groups excluding tert-OH is 1. The minimum absolute atomic E-state index is 0.0287. The number of fused-ring (bicyclic) bond motifs is 1. The number of hydrogen-bond donors (Lipinski definition) is 6. The molecule has 9 atom stereocenters. The van der Waals surface area contributed by atoms with Crippen LogP contribution in [0.1, 0.15) is 25.3 Å². The van der Waals surface area contributed by atoms with Crippen molar-refractivity contribution >= 4 is 44.4 Å². The lowest BCUT2D eigenvalue weighted by Gasteiger charge is -2.23. The van der Waals surface area contributed by atoms with Crippen molar-refractivity contribution in [3.8, 4) is 0 Å². The van der Waals surface area contributed by atoms with E-state index in [1.165, 1.54) is 35.6 Å². The quantitative estimate of drug-likeness (QED) is 0.0481. The highest BCUT2D eigenvalue weighted by molar-refractivity contribution is 7.47. The van der Waals surface area contributed by atoms with Gasteiger partial charge in [-0.2, -0.15) is 4.98 Å². The molecule has 6 rings (SSSR count). The molecule has 1 aliphatic carbocycles. The van der Waals surface area contributed by atoms with E-state index in [4.69, 9.17) is 39.5 Å². The number of ether oxygens (including phenoxy) is 4. The van der Waals surface area contributed by atoms with Gasteiger partial charge in [-0.15, -0.1) is 6.58 Å². The van der Waals surface area contributed by atoms with Crippen LogP contribution in [0.3, 0.4) is 0 Å². The molecule has 3 unspecified atom stereocenters. The second-order valence-corrected chi connectivity index (χ2v) is 14.0. The SMILES string of the molecule is C=CCOCC(=O)O[C@H]1[C@@H](O)[C@H](n2cnc3c(N)ncnc32)OC12CC2OP(=O)(O)O[C@H]1C[C@H](n2ccc(N)nc2=O)O[C@@H]1COP(=O)(O)O. The number of carbonyl (C=O) groups is 1. The van der Waals surface area contributed by atoms with E-state index in [-0.39, 0.29) is 42.2 Å². The number of aromatic nitrogens is 6. The third kappa shape index (κ3) is 7.49. The number of nitrogens with zero attached hydrogens (tertiary/aromatic N) is 6. The number of rotatable bonds is 14. The number of phosphoric ester groups is 2. The third-order valence-electron chi connectivity index (χ3n) is 7.97. The molecule has 0 aromatic carbocycles. The van der Waals surface area contributed by atoms with Crippen molar-refractivity contribution in [2.45, 2.75) is 61.4 Å². The highest BCUT2D eigenvalue weighted by Gasteiger charge is 2.73. The molecule has 3 aliphatic rings. The third-order valence-corrected chi connectivity index (χ3v) is 9.51. The lowest BCUT2D eigenvalue weighted by molar-refractivity contribution is -0.162. The van der Waals surface area contributed by atoms with Gasteiger partial charge in [0, 0.05) is 19.0 Å². The van der Waals surface area contributed by atoms with Crippen molar-refractivity contribution in [3.05, 3.63) is 48.1 Å². The van der Waals surface area contributed by atoms with E-state index in [0.29, 0.717) is 0 Å².